The number of methoxy groups -OCH3 is 2. The number of benzene rings is 3. The molecule has 0 aromatic heterocycles. The second-order valence-corrected chi connectivity index (χ2v) is 8.44. The molecule has 0 saturated carbocycles. The van der Waals surface area contributed by atoms with Gasteiger partial charge in [0, 0.05) is 12.2 Å². The Labute approximate surface area is 203 Å². The van der Waals surface area contributed by atoms with E-state index in [4.69, 9.17) is 14.2 Å². The Morgan fingerprint density at radius 2 is 1.67 bits per heavy atom. The molecule has 0 aliphatic heterocycles. The van der Waals surface area contributed by atoms with Gasteiger partial charge in [0.2, 0.25) is 0 Å². The van der Waals surface area contributed by atoms with E-state index in [1.807, 2.05) is 55.5 Å². The fourth-order valence-electron chi connectivity index (χ4n) is 3.24. The van der Waals surface area contributed by atoms with Gasteiger partial charge in [-0.3, -0.25) is 4.79 Å². The van der Waals surface area contributed by atoms with Gasteiger partial charge in [0.05, 0.1) is 18.7 Å². The average Bonchev–Trinajstić information content (AvgIpc) is 2.82. The van der Waals surface area contributed by atoms with E-state index in [-0.39, 0.29) is 12.5 Å². The van der Waals surface area contributed by atoms with Crippen molar-refractivity contribution in [1.29, 1.82) is 0 Å². The Morgan fingerprint density at radius 3 is 2.33 bits per heavy atom. The summed E-state index contributed by atoms with van der Waals surface area (Å²) in [4.78, 5) is 12.3. The van der Waals surface area contributed by atoms with Crippen molar-refractivity contribution in [3.63, 3.8) is 0 Å². The molecular weight excluding hydrogens is 484 g/mol. The fraction of sp³-hybridized carbons (Fsp3) is 0.269. The second-order valence-electron chi connectivity index (χ2n) is 7.59. The van der Waals surface area contributed by atoms with Crippen LogP contribution in [0.1, 0.15) is 16.7 Å². The van der Waals surface area contributed by atoms with Gasteiger partial charge in [0.1, 0.15) is 5.75 Å². The minimum absolute atomic E-state index is 0.123. The maximum atomic E-state index is 12.3. The molecule has 0 spiro atoms. The highest BCUT2D eigenvalue weighted by Gasteiger charge is 2.14. The summed E-state index contributed by atoms with van der Waals surface area (Å²) in [5.74, 6) is 1.69. The molecule has 0 aliphatic rings. The average molecular weight is 513 g/mol. The van der Waals surface area contributed by atoms with E-state index in [1.165, 1.54) is 5.56 Å². The molecule has 2 N–H and O–H groups in total. The van der Waals surface area contributed by atoms with E-state index in [1.54, 1.807) is 14.2 Å². The lowest BCUT2D eigenvalue weighted by atomic mass is 10.1. The first-order valence-electron chi connectivity index (χ1n) is 10.7. The summed E-state index contributed by atoms with van der Waals surface area (Å²) in [5, 5.41) is 6.27. The third-order valence-corrected chi connectivity index (χ3v) is 5.64. The predicted octanol–water partition coefficient (Wildman–Crippen LogP) is 5.12. The highest BCUT2D eigenvalue weighted by molar-refractivity contribution is 9.10. The normalized spacial score (nSPS) is 10.5. The van der Waals surface area contributed by atoms with Crippen molar-refractivity contribution >= 4 is 27.5 Å². The summed E-state index contributed by atoms with van der Waals surface area (Å²) >= 11 is 3.55. The van der Waals surface area contributed by atoms with Crippen molar-refractivity contribution < 1.29 is 19.0 Å². The predicted molar refractivity (Wildman–Crippen MR) is 134 cm³/mol. The molecule has 0 atom stereocenters. The van der Waals surface area contributed by atoms with Gasteiger partial charge >= 0.3 is 0 Å². The molecule has 0 bridgehead atoms. The Bertz CT molecular complexity index is 1050. The van der Waals surface area contributed by atoms with Gasteiger partial charge in [-0.15, -0.1) is 0 Å². The number of amides is 1. The van der Waals surface area contributed by atoms with Gasteiger partial charge in [-0.25, -0.2) is 0 Å². The highest BCUT2D eigenvalue weighted by Crippen LogP contribution is 2.36. The minimum Gasteiger partial charge on any atom is -0.497 e. The lowest BCUT2D eigenvalue weighted by molar-refractivity contribution is -0.118. The first kappa shape index (κ1) is 24.6. The van der Waals surface area contributed by atoms with Gasteiger partial charge in [-0.2, -0.15) is 0 Å². The van der Waals surface area contributed by atoms with Crippen LogP contribution in [-0.4, -0.2) is 33.3 Å². The standard InChI is InChI=1S/C26H29BrN2O4/c1-18-4-8-21(9-5-18)29-25(30)17-33-26-23(27)14-20(15-24(26)32-3)16-28-13-12-19-6-10-22(31-2)11-7-19/h4-11,14-15,28H,12-13,16-17H2,1-3H3,(H,29,30). The number of nitrogens with one attached hydrogen (secondary N) is 2. The van der Waals surface area contributed by atoms with Crippen LogP contribution in [0.4, 0.5) is 5.69 Å². The quantitative estimate of drug-likeness (QED) is 0.348. The monoisotopic (exact) mass is 512 g/mol. The van der Waals surface area contributed by atoms with Gasteiger partial charge in [-0.1, -0.05) is 29.8 Å². The molecule has 0 aliphatic carbocycles. The van der Waals surface area contributed by atoms with Crippen LogP contribution in [0.15, 0.2) is 65.1 Å². The van der Waals surface area contributed by atoms with Crippen molar-refractivity contribution in [3.05, 3.63) is 81.8 Å². The molecule has 0 fully saturated rings. The number of hydrogen-bond donors (Lipinski definition) is 2. The summed E-state index contributed by atoms with van der Waals surface area (Å²) in [6.45, 7) is 3.39. The van der Waals surface area contributed by atoms with Crippen molar-refractivity contribution in [2.75, 3.05) is 32.7 Å². The highest BCUT2D eigenvalue weighted by atomic mass is 79.9. The number of carbonyl (C=O) groups excluding carboxylic acids is 1. The minimum atomic E-state index is -0.239. The smallest absolute Gasteiger partial charge is 0.262 e. The van der Waals surface area contributed by atoms with Crippen LogP contribution in [-0.2, 0) is 17.8 Å². The van der Waals surface area contributed by atoms with Gasteiger partial charge in [0.15, 0.2) is 18.1 Å². The van der Waals surface area contributed by atoms with Crippen LogP contribution in [0.2, 0.25) is 0 Å². The summed E-state index contributed by atoms with van der Waals surface area (Å²) < 4.78 is 17.2. The summed E-state index contributed by atoms with van der Waals surface area (Å²) in [6.07, 6.45) is 0.916. The number of carbonyl (C=O) groups is 1. The van der Waals surface area contributed by atoms with E-state index in [0.717, 1.165) is 40.0 Å². The van der Waals surface area contributed by atoms with Crippen LogP contribution >= 0.6 is 15.9 Å². The Hall–Kier alpha value is -3.03. The molecule has 174 valence electrons. The van der Waals surface area contributed by atoms with Crippen LogP contribution < -0.4 is 24.8 Å². The fourth-order valence-corrected chi connectivity index (χ4v) is 3.85. The summed E-state index contributed by atoms with van der Waals surface area (Å²) in [6, 6.07) is 19.6. The van der Waals surface area contributed by atoms with Gasteiger partial charge in [-0.05, 0) is 83.3 Å². The maximum Gasteiger partial charge on any atom is 0.262 e. The van der Waals surface area contributed by atoms with E-state index >= 15 is 0 Å². The largest absolute Gasteiger partial charge is 0.497 e. The lowest BCUT2D eigenvalue weighted by Gasteiger charge is -2.15. The van der Waals surface area contributed by atoms with Crippen LogP contribution in [0.5, 0.6) is 17.2 Å². The van der Waals surface area contributed by atoms with E-state index in [2.05, 4.69) is 38.7 Å². The van der Waals surface area contributed by atoms with Crippen molar-refractivity contribution in [2.24, 2.45) is 0 Å². The first-order chi connectivity index (χ1) is 16.0. The molecule has 0 unspecified atom stereocenters. The molecule has 33 heavy (non-hydrogen) atoms. The molecule has 3 aromatic rings. The topological polar surface area (TPSA) is 68.8 Å². The SMILES string of the molecule is COc1ccc(CCNCc2cc(Br)c(OCC(=O)Nc3ccc(C)cc3)c(OC)c2)cc1. The number of hydrogen-bond acceptors (Lipinski definition) is 5. The van der Waals surface area contributed by atoms with Gasteiger partial charge < -0.3 is 24.8 Å². The lowest BCUT2D eigenvalue weighted by Crippen LogP contribution is -2.20. The maximum absolute atomic E-state index is 12.3. The number of anilines is 1. The Kier molecular flexibility index (Phi) is 9.15. The van der Waals surface area contributed by atoms with E-state index in [9.17, 15) is 4.79 Å². The van der Waals surface area contributed by atoms with E-state index < -0.39 is 0 Å². The van der Waals surface area contributed by atoms with Crippen molar-refractivity contribution in [3.8, 4) is 17.2 Å². The zero-order valence-corrected chi connectivity index (χ0v) is 20.7. The number of aryl methyl sites for hydroxylation is 1. The third kappa shape index (κ3) is 7.51. The molecule has 0 saturated heterocycles. The summed E-state index contributed by atoms with van der Waals surface area (Å²) in [7, 11) is 3.25. The second kappa shape index (κ2) is 12.3. The van der Waals surface area contributed by atoms with Crippen molar-refractivity contribution in [2.45, 2.75) is 19.9 Å². The molecule has 6 nitrogen and oxygen atoms in total. The Balaban J connectivity index is 1.51. The van der Waals surface area contributed by atoms with Crippen LogP contribution in [0, 0.1) is 6.92 Å². The third-order valence-electron chi connectivity index (χ3n) is 5.05. The number of rotatable bonds is 11. The molecular formula is C26H29BrN2O4. The molecule has 3 rings (SSSR count). The van der Waals surface area contributed by atoms with E-state index in [0.29, 0.717) is 18.0 Å². The molecule has 0 radical (unpaired) electrons. The van der Waals surface area contributed by atoms with Crippen molar-refractivity contribution in [1.82, 2.24) is 5.32 Å². The van der Waals surface area contributed by atoms with Gasteiger partial charge in [0.25, 0.3) is 5.91 Å². The molecule has 7 heteroatoms. The summed E-state index contributed by atoms with van der Waals surface area (Å²) in [5.41, 5.74) is 4.16. The van der Waals surface area contributed by atoms with Crippen LogP contribution in [0.25, 0.3) is 0 Å². The van der Waals surface area contributed by atoms with Crippen LogP contribution in [0.3, 0.4) is 0 Å². The zero-order chi connectivity index (χ0) is 23.6. The Morgan fingerprint density at radius 1 is 0.939 bits per heavy atom. The molecule has 3 aromatic carbocycles. The number of ether oxygens (including phenoxy) is 3. The molecule has 1 amide bonds. The number of halogens is 1. The zero-order valence-electron chi connectivity index (χ0n) is 19.1. The molecule has 0 heterocycles. The first-order valence-corrected chi connectivity index (χ1v) is 11.5.